The second-order valence-electron chi connectivity index (χ2n) is 9.26. The molecule has 30 heavy (non-hydrogen) atoms. The fourth-order valence-electron chi connectivity index (χ4n) is 5.92. The van der Waals surface area contributed by atoms with Crippen LogP contribution in [0.5, 0.6) is 0 Å². The van der Waals surface area contributed by atoms with Gasteiger partial charge in [0.05, 0.1) is 19.7 Å². The van der Waals surface area contributed by atoms with Crippen molar-refractivity contribution in [2.24, 2.45) is 0 Å². The predicted molar refractivity (Wildman–Crippen MR) is 112 cm³/mol. The highest BCUT2D eigenvalue weighted by Gasteiger charge is 2.47. The molecule has 0 saturated carbocycles. The Morgan fingerprint density at radius 2 is 2.03 bits per heavy atom. The van der Waals surface area contributed by atoms with Gasteiger partial charge in [-0.05, 0) is 19.3 Å². The van der Waals surface area contributed by atoms with Gasteiger partial charge in [0.25, 0.3) is 6.43 Å². The highest BCUT2D eigenvalue weighted by atomic mass is 19.3. The number of hydrogen-bond donors (Lipinski definition) is 1. The minimum absolute atomic E-state index is 0.0161. The third-order valence-electron chi connectivity index (χ3n) is 7.54. The average molecular weight is 418 g/mol. The molecule has 162 valence electrons. The fourth-order valence-corrected chi connectivity index (χ4v) is 5.92. The van der Waals surface area contributed by atoms with E-state index in [1.807, 2.05) is 6.08 Å². The van der Waals surface area contributed by atoms with E-state index in [9.17, 15) is 8.78 Å². The smallest absolute Gasteiger partial charge is 0.280 e. The summed E-state index contributed by atoms with van der Waals surface area (Å²) in [4.78, 5) is 11.5. The number of anilines is 2. The molecule has 2 atom stereocenters. The van der Waals surface area contributed by atoms with Crippen LogP contribution >= 0.6 is 0 Å². The molecular weight excluding hydrogens is 388 g/mol. The first-order valence-electron chi connectivity index (χ1n) is 11.2. The van der Waals surface area contributed by atoms with Gasteiger partial charge in [0.15, 0.2) is 0 Å². The van der Waals surface area contributed by atoms with Crippen molar-refractivity contribution in [1.82, 2.24) is 15.2 Å². The quantitative estimate of drug-likeness (QED) is 0.759. The van der Waals surface area contributed by atoms with Crippen LogP contribution in [-0.2, 0) is 11.2 Å². The Morgan fingerprint density at radius 3 is 2.77 bits per heavy atom. The van der Waals surface area contributed by atoms with Crippen molar-refractivity contribution < 1.29 is 13.5 Å². The summed E-state index contributed by atoms with van der Waals surface area (Å²) in [6.07, 6.45) is 4.30. The molecular formula is C22H29F2N5O. The monoisotopic (exact) mass is 417 g/mol. The van der Waals surface area contributed by atoms with Crippen molar-refractivity contribution in [2.45, 2.75) is 43.4 Å². The van der Waals surface area contributed by atoms with Gasteiger partial charge in [-0.25, -0.2) is 13.8 Å². The number of fused-ring (bicyclic) bond motifs is 3. The van der Waals surface area contributed by atoms with Gasteiger partial charge in [-0.2, -0.15) is 0 Å². The zero-order valence-corrected chi connectivity index (χ0v) is 17.2. The van der Waals surface area contributed by atoms with E-state index < -0.39 is 6.43 Å². The minimum atomic E-state index is -2.54. The topological polar surface area (TPSA) is 43.9 Å². The largest absolute Gasteiger partial charge is 0.365 e. The number of nitrogens with one attached hydrogen (secondary N) is 1. The Labute approximate surface area is 175 Å². The summed E-state index contributed by atoms with van der Waals surface area (Å²) in [6, 6.07) is 3.03. The zero-order valence-electron chi connectivity index (χ0n) is 17.2. The number of piperazine rings is 1. The molecule has 3 fully saturated rings. The zero-order chi connectivity index (χ0) is 20.3. The molecule has 0 aliphatic carbocycles. The first-order valence-corrected chi connectivity index (χ1v) is 11.2. The Morgan fingerprint density at radius 1 is 1.20 bits per heavy atom. The maximum Gasteiger partial charge on any atom is 0.280 e. The molecule has 1 spiro atoms. The molecule has 1 aromatic heterocycles. The van der Waals surface area contributed by atoms with E-state index >= 15 is 0 Å². The van der Waals surface area contributed by atoms with Gasteiger partial charge < -0.3 is 19.9 Å². The lowest BCUT2D eigenvalue weighted by molar-refractivity contribution is 0.00350. The molecule has 1 aromatic rings. The summed E-state index contributed by atoms with van der Waals surface area (Å²) < 4.78 is 33.8. The highest BCUT2D eigenvalue weighted by Crippen LogP contribution is 2.44. The SMILES string of the molecule is FC(F)c1nc(N2CC3(C=CCO3)C2)cc2c1CCC[C@H]1[C@H](N3CCNCC3)CN21. The van der Waals surface area contributed by atoms with Gasteiger partial charge in [0.1, 0.15) is 17.1 Å². The van der Waals surface area contributed by atoms with Gasteiger partial charge in [-0.1, -0.05) is 12.2 Å². The van der Waals surface area contributed by atoms with Crippen LogP contribution in [0, 0.1) is 0 Å². The lowest BCUT2D eigenvalue weighted by Gasteiger charge is -2.55. The molecule has 5 aliphatic rings. The van der Waals surface area contributed by atoms with Gasteiger partial charge in [-0.15, -0.1) is 0 Å². The van der Waals surface area contributed by atoms with Gasteiger partial charge in [0.2, 0.25) is 0 Å². The standard InChI is InChI=1S/C22H29F2N5O/c23-21(24)20-15-3-1-4-16-18(27-8-6-25-7-9-27)12-29(16)17(15)11-19(26-20)28-13-22(14-28)5-2-10-30-22/h2,5,11,16,18,21,25H,1,3-4,6-10,12-14H2/t16-,18+/m0/s1. The Hall–Kier alpha value is -1.77. The van der Waals surface area contributed by atoms with E-state index in [1.165, 1.54) is 0 Å². The molecule has 6 heterocycles. The summed E-state index contributed by atoms with van der Waals surface area (Å²) in [5.74, 6) is 0.671. The van der Waals surface area contributed by atoms with Gasteiger partial charge >= 0.3 is 0 Å². The number of rotatable bonds is 3. The van der Waals surface area contributed by atoms with E-state index in [2.05, 4.69) is 37.1 Å². The van der Waals surface area contributed by atoms with Crippen LogP contribution in [0.3, 0.4) is 0 Å². The number of hydrogen-bond acceptors (Lipinski definition) is 6. The van der Waals surface area contributed by atoms with Crippen molar-refractivity contribution in [3.8, 4) is 0 Å². The van der Waals surface area contributed by atoms with Crippen LogP contribution in [0.25, 0.3) is 0 Å². The first kappa shape index (κ1) is 19.0. The Kier molecular flexibility index (Phi) is 4.51. The average Bonchev–Trinajstić information content (AvgIpc) is 3.16. The van der Waals surface area contributed by atoms with E-state index in [0.29, 0.717) is 44.0 Å². The molecule has 3 saturated heterocycles. The van der Waals surface area contributed by atoms with Crippen LogP contribution < -0.4 is 15.1 Å². The summed E-state index contributed by atoms with van der Waals surface area (Å²) in [5, 5.41) is 3.42. The Balaban J connectivity index is 1.29. The molecule has 5 aliphatic heterocycles. The van der Waals surface area contributed by atoms with E-state index in [-0.39, 0.29) is 11.3 Å². The number of halogens is 2. The summed E-state index contributed by atoms with van der Waals surface area (Å²) in [5.41, 5.74) is 1.50. The predicted octanol–water partition coefficient (Wildman–Crippen LogP) is 1.96. The molecule has 1 N–H and O–H groups in total. The number of pyridine rings is 1. The summed E-state index contributed by atoms with van der Waals surface area (Å²) in [6.45, 7) is 7.17. The summed E-state index contributed by atoms with van der Waals surface area (Å²) >= 11 is 0. The van der Waals surface area contributed by atoms with Crippen LogP contribution in [0.1, 0.15) is 30.5 Å². The van der Waals surface area contributed by atoms with Crippen LogP contribution in [0.15, 0.2) is 18.2 Å². The number of nitrogens with zero attached hydrogens (tertiary/aromatic N) is 4. The fraction of sp³-hybridized carbons (Fsp3) is 0.682. The van der Waals surface area contributed by atoms with E-state index in [0.717, 1.165) is 56.8 Å². The molecule has 6 nitrogen and oxygen atoms in total. The third kappa shape index (κ3) is 2.95. The van der Waals surface area contributed by atoms with Crippen molar-refractivity contribution >= 4 is 11.5 Å². The van der Waals surface area contributed by atoms with Crippen molar-refractivity contribution in [1.29, 1.82) is 0 Å². The molecule has 0 amide bonds. The van der Waals surface area contributed by atoms with Crippen LogP contribution in [0.4, 0.5) is 20.3 Å². The van der Waals surface area contributed by atoms with Crippen molar-refractivity contribution in [3.05, 3.63) is 29.5 Å². The first-order chi connectivity index (χ1) is 14.6. The molecule has 8 heteroatoms. The van der Waals surface area contributed by atoms with E-state index in [1.54, 1.807) is 0 Å². The highest BCUT2D eigenvalue weighted by molar-refractivity contribution is 5.66. The lowest BCUT2D eigenvalue weighted by Crippen LogP contribution is -2.69. The molecule has 0 bridgehead atoms. The number of alkyl halides is 2. The lowest BCUT2D eigenvalue weighted by atomic mass is 9.90. The second-order valence-corrected chi connectivity index (χ2v) is 9.26. The van der Waals surface area contributed by atoms with Gasteiger partial charge in [0, 0.05) is 62.1 Å². The van der Waals surface area contributed by atoms with Crippen molar-refractivity contribution in [3.63, 3.8) is 0 Å². The number of aromatic nitrogens is 1. The van der Waals surface area contributed by atoms with E-state index in [4.69, 9.17) is 4.74 Å². The maximum atomic E-state index is 14.0. The number of ether oxygens (including phenoxy) is 1. The van der Waals surface area contributed by atoms with Crippen LogP contribution in [0.2, 0.25) is 0 Å². The molecule has 0 unspecified atom stereocenters. The van der Waals surface area contributed by atoms with Crippen molar-refractivity contribution in [2.75, 3.05) is 62.2 Å². The molecule has 0 radical (unpaired) electrons. The maximum absolute atomic E-state index is 14.0. The minimum Gasteiger partial charge on any atom is -0.365 e. The second kappa shape index (κ2) is 7.14. The Bertz CT molecular complexity index is 850. The van der Waals surface area contributed by atoms with Crippen LogP contribution in [-0.4, -0.2) is 80.0 Å². The molecule has 0 aromatic carbocycles. The molecule has 6 rings (SSSR count). The van der Waals surface area contributed by atoms with Gasteiger partial charge in [-0.3, -0.25) is 4.90 Å². The normalized spacial score (nSPS) is 30.1. The summed E-state index contributed by atoms with van der Waals surface area (Å²) in [7, 11) is 0. The third-order valence-corrected chi connectivity index (χ3v) is 7.54.